The molecule has 3 heteroatoms. The number of amides is 1. The Bertz CT molecular complexity index is 455. The van der Waals surface area contributed by atoms with Crippen LogP contribution in [0.4, 0.5) is 0 Å². The summed E-state index contributed by atoms with van der Waals surface area (Å²) >= 11 is 1.58. The van der Waals surface area contributed by atoms with Crippen LogP contribution in [0, 0.1) is 0 Å². The average molecular weight is 233 g/mol. The second-order valence-electron chi connectivity index (χ2n) is 4.60. The summed E-state index contributed by atoms with van der Waals surface area (Å²) in [7, 11) is 1.86. The van der Waals surface area contributed by atoms with E-state index in [1.807, 2.05) is 7.05 Å². The van der Waals surface area contributed by atoms with Crippen molar-refractivity contribution in [2.75, 3.05) is 7.05 Å². The first kappa shape index (κ1) is 10.2. The molecule has 0 fully saturated rings. The number of fused-ring (bicyclic) bond motifs is 2. The molecule has 0 atom stereocenters. The molecule has 0 bridgehead atoms. The molecule has 0 spiro atoms. The summed E-state index contributed by atoms with van der Waals surface area (Å²) in [6, 6.07) is 4.57. The fourth-order valence-electron chi connectivity index (χ4n) is 2.51. The second kappa shape index (κ2) is 3.81. The number of rotatable bonds is 0. The van der Waals surface area contributed by atoms with Gasteiger partial charge in [-0.3, -0.25) is 9.10 Å². The summed E-state index contributed by atoms with van der Waals surface area (Å²) in [5.41, 5.74) is 4.21. The molecular weight excluding hydrogens is 218 g/mol. The SMILES string of the molecule is CN1Sc2cc3c(cc2CC1=O)CCCC3. The largest absolute Gasteiger partial charge is 0.285 e. The smallest absolute Gasteiger partial charge is 0.236 e. The second-order valence-corrected chi connectivity index (χ2v) is 5.77. The van der Waals surface area contributed by atoms with Crippen molar-refractivity contribution >= 4 is 17.9 Å². The Morgan fingerprint density at radius 2 is 1.81 bits per heavy atom. The van der Waals surface area contributed by atoms with E-state index in [0.717, 1.165) is 0 Å². The van der Waals surface area contributed by atoms with Crippen LogP contribution in [0.25, 0.3) is 0 Å². The molecule has 3 rings (SSSR count). The third-order valence-electron chi connectivity index (χ3n) is 3.45. The van der Waals surface area contributed by atoms with E-state index in [-0.39, 0.29) is 5.91 Å². The van der Waals surface area contributed by atoms with Crippen LogP contribution in [-0.2, 0) is 24.1 Å². The van der Waals surface area contributed by atoms with Gasteiger partial charge in [0.05, 0.1) is 6.42 Å². The number of likely N-dealkylation sites (N-methyl/N-ethyl adjacent to an activating group) is 1. The van der Waals surface area contributed by atoms with E-state index in [2.05, 4.69) is 12.1 Å². The fraction of sp³-hybridized carbons (Fsp3) is 0.462. The molecule has 0 unspecified atom stereocenters. The number of nitrogens with zero attached hydrogens (tertiary/aromatic N) is 1. The van der Waals surface area contributed by atoms with Gasteiger partial charge in [0.15, 0.2) is 0 Å². The van der Waals surface area contributed by atoms with Gasteiger partial charge in [-0.25, -0.2) is 0 Å². The monoisotopic (exact) mass is 233 g/mol. The van der Waals surface area contributed by atoms with Crippen molar-refractivity contribution in [1.82, 2.24) is 4.31 Å². The van der Waals surface area contributed by atoms with Crippen LogP contribution in [0.2, 0.25) is 0 Å². The molecule has 0 radical (unpaired) electrons. The average Bonchev–Trinajstić information content (AvgIpc) is 2.28. The molecule has 1 amide bonds. The van der Waals surface area contributed by atoms with Gasteiger partial charge in [-0.05, 0) is 60.4 Å². The molecule has 0 saturated carbocycles. The minimum atomic E-state index is 0.216. The molecule has 1 aromatic carbocycles. The zero-order chi connectivity index (χ0) is 11.1. The van der Waals surface area contributed by atoms with E-state index in [9.17, 15) is 4.79 Å². The van der Waals surface area contributed by atoms with E-state index in [1.165, 1.54) is 47.3 Å². The Hall–Kier alpha value is -0.960. The minimum Gasteiger partial charge on any atom is -0.285 e. The quantitative estimate of drug-likeness (QED) is 0.642. The summed E-state index contributed by atoms with van der Waals surface area (Å²) in [5.74, 6) is 0.216. The Morgan fingerprint density at radius 3 is 2.56 bits per heavy atom. The topological polar surface area (TPSA) is 20.3 Å². The predicted octanol–water partition coefficient (Wildman–Crippen LogP) is 2.59. The van der Waals surface area contributed by atoms with Gasteiger partial charge in [0, 0.05) is 11.9 Å². The summed E-state index contributed by atoms with van der Waals surface area (Å²) in [6.07, 6.45) is 5.59. The van der Waals surface area contributed by atoms with Crippen LogP contribution < -0.4 is 0 Å². The first-order chi connectivity index (χ1) is 7.74. The third kappa shape index (κ3) is 1.63. The van der Waals surface area contributed by atoms with Crippen LogP contribution in [0.3, 0.4) is 0 Å². The lowest BCUT2D eigenvalue weighted by Gasteiger charge is -2.26. The number of benzene rings is 1. The lowest BCUT2D eigenvalue weighted by atomic mass is 9.90. The molecule has 84 valence electrons. The van der Waals surface area contributed by atoms with Gasteiger partial charge < -0.3 is 0 Å². The summed E-state index contributed by atoms with van der Waals surface area (Å²) in [5, 5.41) is 0. The molecule has 1 aromatic rings. The molecule has 2 nitrogen and oxygen atoms in total. The van der Waals surface area contributed by atoms with Crippen LogP contribution in [0.5, 0.6) is 0 Å². The van der Waals surface area contributed by atoms with Crippen LogP contribution >= 0.6 is 11.9 Å². The number of carbonyl (C=O) groups is 1. The molecular formula is C13H15NOS. The highest BCUT2D eigenvalue weighted by Crippen LogP contribution is 2.35. The Balaban J connectivity index is 2.04. The molecule has 2 aliphatic rings. The first-order valence-electron chi connectivity index (χ1n) is 5.83. The number of carbonyl (C=O) groups excluding carboxylic acids is 1. The van der Waals surface area contributed by atoms with Crippen molar-refractivity contribution in [3.05, 3.63) is 28.8 Å². The minimum absolute atomic E-state index is 0.216. The summed E-state index contributed by atoms with van der Waals surface area (Å²) in [4.78, 5) is 12.9. The van der Waals surface area contributed by atoms with Gasteiger partial charge in [-0.1, -0.05) is 6.07 Å². The highest BCUT2D eigenvalue weighted by molar-refractivity contribution is 7.97. The summed E-state index contributed by atoms with van der Waals surface area (Å²) < 4.78 is 1.75. The lowest BCUT2D eigenvalue weighted by Crippen LogP contribution is -2.26. The molecule has 1 aliphatic heterocycles. The van der Waals surface area contributed by atoms with Gasteiger partial charge in [0.25, 0.3) is 0 Å². The van der Waals surface area contributed by atoms with Crippen molar-refractivity contribution in [1.29, 1.82) is 0 Å². The number of hydrogen-bond donors (Lipinski definition) is 0. The maximum Gasteiger partial charge on any atom is 0.236 e. The Kier molecular flexibility index (Phi) is 2.43. The van der Waals surface area contributed by atoms with Crippen molar-refractivity contribution in [2.45, 2.75) is 37.0 Å². The Labute approximate surface area is 100 Å². The number of hydrogen-bond acceptors (Lipinski definition) is 2. The van der Waals surface area contributed by atoms with E-state index >= 15 is 0 Å². The molecule has 16 heavy (non-hydrogen) atoms. The molecule has 0 saturated heterocycles. The van der Waals surface area contributed by atoms with E-state index in [0.29, 0.717) is 6.42 Å². The van der Waals surface area contributed by atoms with E-state index in [4.69, 9.17) is 0 Å². The highest BCUT2D eigenvalue weighted by atomic mass is 32.2. The van der Waals surface area contributed by atoms with Crippen molar-refractivity contribution in [3.63, 3.8) is 0 Å². The summed E-state index contributed by atoms with van der Waals surface area (Å²) in [6.45, 7) is 0. The van der Waals surface area contributed by atoms with Gasteiger partial charge in [-0.2, -0.15) is 0 Å². The molecule has 1 heterocycles. The van der Waals surface area contributed by atoms with Gasteiger partial charge in [0.1, 0.15) is 0 Å². The standard InChI is InChI=1S/C13H15NOS/c1-14-13(15)8-11-6-9-4-2-3-5-10(9)7-12(11)16-14/h6-7H,2-5,8H2,1H3. The maximum absolute atomic E-state index is 11.6. The third-order valence-corrected chi connectivity index (χ3v) is 4.51. The van der Waals surface area contributed by atoms with Crippen LogP contribution in [0.15, 0.2) is 17.0 Å². The van der Waals surface area contributed by atoms with Gasteiger partial charge in [-0.15, -0.1) is 0 Å². The predicted molar refractivity (Wildman–Crippen MR) is 65.4 cm³/mol. The van der Waals surface area contributed by atoms with Gasteiger partial charge >= 0.3 is 0 Å². The van der Waals surface area contributed by atoms with Crippen molar-refractivity contribution < 1.29 is 4.79 Å². The van der Waals surface area contributed by atoms with E-state index < -0.39 is 0 Å². The molecule has 0 aromatic heterocycles. The normalized spacial score (nSPS) is 19.3. The lowest BCUT2D eigenvalue weighted by molar-refractivity contribution is -0.124. The van der Waals surface area contributed by atoms with E-state index in [1.54, 1.807) is 16.3 Å². The van der Waals surface area contributed by atoms with Crippen molar-refractivity contribution in [2.24, 2.45) is 0 Å². The maximum atomic E-state index is 11.6. The fourth-order valence-corrected chi connectivity index (χ4v) is 3.41. The highest BCUT2D eigenvalue weighted by Gasteiger charge is 2.23. The zero-order valence-corrected chi connectivity index (χ0v) is 10.3. The van der Waals surface area contributed by atoms with Crippen LogP contribution in [-0.4, -0.2) is 17.3 Å². The number of aryl methyl sites for hydroxylation is 2. The molecule has 1 aliphatic carbocycles. The van der Waals surface area contributed by atoms with Crippen molar-refractivity contribution in [3.8, 4) is 0 Å². The zero-order valence-electron chi connectivity index (χ0n) is 9.45. The first-order valence-corrected chi connectivity index (χ1v) is 6.60. The molecule has 0 N–H and O–H groups in total. The van der Waals surface area contributed by atoms with Gasteiger partial charge in [0.2, 0.25) is 5.91 Å². The van der Waals surface area contributed by atoms with Crippen LogP contribution in [0.1, 0.15) is 29.5 Å². The Morgan fingerprint density at radius 1 is 1.12 bits per heavy atom.